The number of rotatable bonds is 6. The summed E-state index contributed by atoms with van der Waals surface area (Å²) < 4.78 is 26.4. The van der Waals surface area contributed by atoms with Crippen molar-refractivity contribution in [2.24, 2.45) is 11.3 Å². The lowest BCUT2D eigenvalue weighted by atomic mass is 9.79. The van der Waals surface area contributed by atoms with Gasteiger partial charge in [0.25, 0.3) is 0 Å². The predicted molar refractivity (Wildman–Crippen MR) is 72.4 cm³/mol. The Labute approximate surface area is 106 Å². The van der Waals surface area contributed by atoms with E-state index in [2.05, 4.69) is 18.6 Å². The van der Waals surface area contributed by atoms with Gasteiger partial charge in [0.1, 0.15) is 0 Å². The molecular weight excluding hydrogens is 234 g/mol. The molecule has 1 aliphatic rings. The van der Waals surface area contributed by atoms with Gasteiger partial charge in [-0.25, -0.2) is 13.1 Å². The average molecular weight is 261 g/mol. The minimum absolute atomic E-state index is 0.218. The molecule has 4 heteroatoms. The summed E-state index contributed by atoms with van der Waals surface area (Å²) in [6, 6.07) is 0. The van der Waals surface area contributed by atoms with Crippen molar-refractivity contribution in [3.63, 3.8) is 0 Å². The summed E-state index contributed by atoms with van der Waals surface area (Å²) >= 11 is 0. The van der Waals surface area contributed by atoms with Crippen LogP contribution in [0.15, 0.2) is 0 Å². The minimum atomic E-state index is -3.11. The number of hydrogen-bond acceptors (Lipinski definition) is 2. The van der Waals surface area contributed by atoms with Crippen LogP contribution in [0.1, 0.15) is 59.8 Å². The smallest absolute Gasteiger partial charge is 0.213 e. The maximum Gasteiger partial charge on any atom is 0.213 e. The highest BCUT2D eigenvalue weighted by Gasteiger charge is 2.35. The third-order valence-corrected chi connectivity index (χ3v) is 5.56. The van der Waals surface area contributed by atoms with Gasteiger partial charge in [-0.3, -0.25) is 0 Å². The zero-order valence-corrected chi connectivity index (χ0v) is 12.4. The molecule has 0 aliphatic heterocycles. The molecule has 0 aromatic heterocycles. The van der Waals surface area contributed by atoms with Gasteiger partial charge in [-0.2, -0.15) is 0 Å². The van der Waals surface area contributed by atoms with E-state index in [1.807, 2.05) is 0 Å². The van der Waals surface area contributed by atoms with Crippen molar-refractivity contribution >= 4 is 10.0 Å². The Balaban J connectivity index is 2.63. The van der Waals surface area contributed by atoms with Crippen molar-refractivity contribution < 1.29 is 8.42 Å². The fourth-order valence-electron chi connectivity index (χ4n) is 2.86. The van der Waals surface area contributed by atoms with Crippen LogP contribution in [0.25, 0.3) is 0 Å². The maximum atomic E-state index is 11.8. The predicted octanol–water partition coefficient (Wildman–Crippen LogP) is 2.92. The van der Waals surface area contributed by atoms with Crippen molar-refractivity contribution in [3.05, 3.63) is 0 Å². The highest BCUT2D eigenvalue weighted by atomic mass is 32.2. The molecule has 17 heavy (non-hydrogen) atoms. The molecule has 1 fully saturated rings. The number of sulfonamides is 1. The van der Waals surface area contributed by atoms with Crippen LogP contribution in [0.5, 0.6) is 0 Å². The van der Waals surface area contributed by atoms with E-state index in [0.29, 0.717) is 12.5 Å². The van der Waals surface area contributed by atoms with Gasteiger partial charge >= 0.3 is 0 Å². The minimum Gasteiger partial charge on any atom is -0.214 e. The first-order chi connectivity index (χ1) is 7.77. The maximum absolute atomic E-state index is 11.8. The van der Waals surface area contributed by atoms with E-state index in [-0.39, 0.29) is 10.7 Å². The standard InChI is InChI=1S/C13H27NO2S/c1-11(2)9-13(7-5-6-8-13)10-14-17(15,16)12(3)4/h11-12,14H,5-10H2,1-4H3. The van der Waals surface area contributed by atoms with Gasteiger partial charge in [0.05, 0.1) is 5.25 Å². The Kier molecular flexibility index (Phi) is 5.02. The lowest BCUT2D eigenvalue weighted by Gasteiger charge is -2.31. The molecular formula is C13H27NO2S. The molecule has 1 aliphatic carbocycles. The van der Waals surface area contributed by atoms with Gasteiger partial charge in [0.2, 0.25) is 10.0 Å². The first-order valence-corrected chi connectivity index (χ1v) is 8.30. The number of hydrogen-bond donors (Lipinski definition) is 1. The molecule has 0 amide bonds. The second-order valence-electron chi connectivity index (χ2n) is 6.22. The van der Waals surface area contributed by atoms with E-state index < -0.39 is 10.0 Å². The first-order valence-electron chi connectivity index (χ1n) is 6.76. The third-order valence-electron chi connectivity index (χ3n) is 3.77. The monoisotopic (exact) mass is 261 g/mol. The fourth-order valence-corrected chi connectivity index (χ4v) is 3.71. The molecule has 0 bridgehead atoms. The second-order valence-corrected chi connectivity index (χ2v) is 8.54. The Morgan fingerprint density at radius 1 is 1.12 bits per heavy atom. The third kappa shape index (κ3) is 4.25. The Morgan fingerprint density at radius 2 is 1.65 bits per heavy atom. The second kappa shape index (κ2) is 5.70. The molecule has 0 spiro atoms. The summed E-state index contributed by atoms with van der Waals surface area (Å²) in [6.45, 7) is 8.53. The highest BCUT2D eigenvalue weighted by Crippen LogP contribution is 2.42. The summed E-state index contributed by atoms with van der Waals surface area (Å²) in [4.78, 5) is 0. The van der Waals surface area contributed by atoms with Crippen LogP contribution < -0.4 is 4.72 Å². The first kappa shape index (κ1) is 15.0. The van der Waals surface area contributed by atoms with Crippen LogP contribution >= 0.6 is 0 Å². The topological polar surface area (TPSA) is 46.2 Å². The van der Waals surface area contributed by atoms with Gasteiger partial charge in [-0.15, -0.1) is 0 Å². The van der Waals surface area contributed by atoms with Crippen LogP contribution in [-0.2, 0) is 10.0 Å². The van der Waals surface area contributed by atoms with Crippen molar-refractivity contribution in [1.29, 1.82) is 0 Å². The molecule has 0 aromatic rings. The normalized spacial score (nSPS) is 20.4. The highest BCUT2D eigenvalue weighted by molar-refractivity contribution is 7.90. The molecule has 1 rings (SSSR count). The molecule has 3 nitrogen and oxygen atoms in total. The van der Waals surface area contributed by atoms with E-state index >= 15 is 0 Å². The van der Waals surface area contributed by atoms with E-state index in [4.69, 9.17) is 0 Å². The SMILES string of the molecule is CC(C)CC1(CNS(=O)(=O)C(C)C)CCCC1. The Bertz CT molecular complexity index is 327. The summed E-state index contributed by atoms with van der Waals surface area (Å²) in [5.74, 6) is 0.636. The van der Waals surface area contributed by atoms with Crippen molar-refractivity contribution in [3.8, 4) is 0 Å². The largest absolute Gasteiger partial charge is 0.214 e. The van der Waals surface area contributed by atoms with Crippen LogP contribution in [-0.4, -0.2) is 20.2 Å². The molecule has 0 atom stereocenters. The lowest BCUT2D eigenvalue weighted by molar-refractivity contribution is 0.236. The van der Waals surface area contributed by atoms with Crippen LogP contribution in [0.2, 0.25) is 0 Å². The molecule has 0 saturated heterocycles. The van der Waals surface area contributed by atoms with Crippen molar-refractivity contribution in [2.75, 3.05) is 6.54 Å². The number of nitrogens with one attached hydrogen (secondary N) is 1. The fraction of sp³-hybridized carbons (Fsp3) is 1.00. The average Bonchev–Trinajstić information content (AvgIpc) is 2.63. The summed E-state index contributed by atoms with van der Waals surface area (Å²) in [7, 11) is -3.11. The Hall–Kier alpha value is -0.0900. The van der Waals surface area contributed by atoms with E-state index in [1.54, 1.807) is 13.8 Å². The van der Waals surface area contributed by atoms with Gasteiger partial charge in [-0.05, 0) is 44.4 Å². The molecule has 1 saturated carbocycles. The van der Waals surface area contributed by atoms with E-state index in [0.717, 1.165) is 6.42 Å². The van der Waals surface area contributed by atoms with Gasteiger partial charge in [-0.1, -0.05) is 26.7 Å². The van der Waals surface area contributed by atoms with Crippen LogP contribution in [0, 0.1) is 11.3 Å². The van der Waals surface area contributed by atoms with Gasteiger partial charge in [0, 0.05) is 6.54 Å². The molecule has 0 heterocycles. The molecule has 0 radical (unpaired) electrons. The lowest BCUT2D eigenvalue weighted by Crippen LogP contribution is -2.39. The zero-order valence-electron chi connectivity index (χ0n) is 11.6. The van der Waals surface area contributed by atoms with E-state index in [9.17, 15) is 8.42 Å². The van der Waals surface area contributed by atoms with Gasteiger partial charge in [0.15, 0.2) is 0 Å². The van der Waals surface area contributed by atoms with E-state index in [1.165, 1.54) is 25.7 Å². The molecule has 0 unspecified atom stereocenters. The quantitative estimate of drug-likeness (QED) is 0.799. The molecule has 1 N–H and O–H groups in total. The molecule has 102 valence electrons. The van der Waals surface area contributed by atoms with Crippen LogP contribution in [0.4, 0.5) is 0 Å². The van der Waals surface area contributed by atoms with Gasteiger partial charge < -0.3 is 0 Å². The van der Waals surface area contributed by atoms with Crippen molar-refractivity contribution in [2.45, 2.75) is 65.0 Å². The Morgan fingerprint density at radius 3 is 2.06 bits per heavy atom. The molecule has 0 aromatic carbocycles. The van der Waals surface area contributed by atoms with Crippen LogP contribution in [0.3, 0.4) is 0 Å². The zero-order chi connectivity index (χ0) is 13.1. The van der Waals surface area contributed by atoms with Crippen molar-refractivity contribution in [1.82, 2.24) is 4.72 Å². The summed E-state index contributed by atoms with van der Waals surface area (Å²) in [5, 5.41) is -0.333. The summed E-state index contributed by atoms with van der Waals surface area (Å²) in [6.07, 6.45) is 5.97. The summed E-state index contributed by atoms with van der Waals surface area (Å²) in [5.41, 5.74) is 0.218.